The van der Waals surface area contributed by atoms with E-state index in [1.807, 2.05) is 0 Å². The molecule has 38 heavy (non-hydrogen) atoms. The first-order valence-corrected chi connectivity index (χ1v) is 12.5. The largest absolute Gasteiger partial charge is 0.461 e. The van der Waals surface area contributed by atoms with Gasteiger partial charge >= 0.3 is 12.1 Å². The summed E-state index contributed by atoms with van der Waals surface area (Å²) in [5.41, 5.74) is 1.93. The second-order valence-electron chi connectivity index (χ2n) is 8.07. The molecule has 12 heteroatoms. The van der Waals surface area contributed by atoms with E-state index in [2.05, 4.69) is 15.2 Å². The highest BCUT2D eigenvalue weighted by Crippen LogP contribution is 2.45. The molecule has 0 radical (unpaired) electrons. The number of thiophene rings is 1. The number of carbonyl (C=O) groups is 1. The van der Waals surface area contributed by atoms with E-state index in [1.54, 1.807) is 72.4 Å². The number of hydrogen-bond donors (Lipinski definition) is 0. The number of carbonyl (C=O) groups excluding carboxylic acids is 1. The van der Waals surface area contributed by atoms with Crippen molar-refractivity contribution in [2.75, 3.05) is 6.61 Å². The van der Waals surface area contributed by atoms with E-state index in [4.69, 9.17) is 20.9 Å². The van der Waals surface area contributed by atoms with Gasteiger partial charge in [0.2, 0.25) is 5.82 Å². The Hall–Kier alpha value is -3.96. The van der Waals surface area contributed by atoms with Gasteiger partial charge in [0.15, 0.2) is 5.69 Å². The number of halogens is 4. The predicted octanol–water partition coefficient (Wildman–Crippen LogP) is 7.23. The van der Waals surface area contributed by atoms with Gasteiger partial charge in [0.1, 0.15) is 4.88 Å². The maximum absolute atomic E-state index is 13.7. The normalized spacial score (nSPS) is 11.6. The van der Waals surface area contributed by atoms with Crippen molar-refractivity contribution >= 4 is 28.9 Å². The molecule has 3 aromatic heterocycles. The van der Waals surface area contributed by atoms with Gasteiger partial charge in [-0.1, -0.05) is 59.2 Å². The van der Waals surface area contributed by atoms with Crippen LogP contribution in [0.4, 0.5) is 13.2 Å². The fourth-order valence-corrected chi connectivity index (χ4v) is 4.94. The number of rotatable bonds is 7. The van der Waals surface area contributed by atoms with E-state index in [1.165, 1.54) is 6.07 Å². The maximum Gasteiger partial charge on any atom is 0.426 e. The summed E-state index contributed by atoms with van der Waals surface area (Å²) in [6.45, 7) is 2.26. The summed E-state index contributed by atoms with van der Waals surface area (Å²) in [4.78, 5) is 15.6. The minimum absolute atomic E-state index is 0.0269. The first kappa shape index (κ1) is 25.7. The fraction of sp³-hybridized carbons (Fsp3) is 0.154. The molecule has 5 aromatic rings. The third-order valence-electron chi connectivity index (χ3n) is 5.48. The van der Waals surface area contributed by atoms with Crippen LogP contribution >= 0.6 is 22.9 Å². The van der Waals surface area contributed by atoms with Crippen molar-refractivity contribution < 1.29 is 27.2 Å². The Kier molecular flexibility index (Phi) is 7.04. The van der Waals surface area contributed by atoms with Gasteiger partial charge in [0.05, 0.1) is 18.0 Å². The second kappa shape index (κ2) is 10.4. The molecule has 5 rings (SSSR count). The number of benzene rings is 2. The maximum atomic E-state index is 13.7. The molecule has 0 fully saturated rings. The first-order valence-electron chi connectivity index (χ1n) is 11.3. The summed E-state index contributed by atoms with van der Waals surface area (Å²) in [5.74, 6) is -0.356. The molecule has 0 N–H and O–H groups in total. The molecule has 2 aromatic carbocycles. The predicted molar refractivity (Wildman–Crippen MR) is 136 cm³/mol. The number of nitrogens with zero attached hydrogens (tertiary/aromatic N) is 4. The number of ether oxygens (including phenoxy) is 1. The van der Waals surface area contributed by atoms with Crippen LogP contribution in [0.3, 0.4) is 0 Å². The van der Waals surface area contributed by atoms with Crippen LogP contribution in [0.15, 0.2) is 71.4 Å². The van der Waals surface area contributed by atoms with Gasteiger partial charge in [-0.05, 0) is 36.2 Å². The van der Waals surface area contributed by atoms with Crippen molar-refractivity contribution in [3.8, 4) is 33.3 Å². The highest BCUT2D eigenvalue weighted by molar-refractivity contribution is 7.16. The Morgan fingerprint density at radius 2 is 1.89 bits per heavy atom. The highest BCUT2D eigenvalue weighted by atomic mass is 35.5. The van der Waals surface area contributed by atoms with Gasteiger partial charge in [-0.25, -0.2) is 4.79 Å². The van der Waals surface area contributed by atoms with E-state index in [9.17, 15) is 18.0 Å². The van der Waals surface area contributed by atoms with E-state index in [0.717, 1.165) is 5.56 Å². The van der Waals surface area contributed by atoms with Crippen molar-refractivity contribution in [1.82, 2.24) is 19.9 Å². The Bertz CT molecular complexity index is 1590. The molecule has 0 amide bonds. The summed E-state index contributed by atoms with van der Waals surface area (Å²) in [5, 5.41) is 8.53. The quantitative estimate of drug-likeness (QED) is 0.196. The molecule has 0 unspecified atom stereocenters. The lowest BCUT2D eigenvalue weighted by molar-refractivity contribution is -0.133. The van der Waals surface area contributed by atoms with Gasteiger partial charge in [-0.3, -0.25) is 4.68 Å². The molecule has 0 saturated heterocycles. The molecular weight excluding hydrogens is 541 g/mol. The van der Waals surface area contributed by atoms with Crippen LogP contribution in [0.25, 0.3) is 33.3 Å². The van der Waals surface area contributed by atoms with Gasteiger partial charge in [0.25, 0.3) is 5.89 Å². The van der Waals surface area contributed by atoms with Crippen molar-refractivity contribution in [3.05, 3.63) is 88.0 Å². The molecule has 0 spiro atoms. The lowest BCUT2D eigenvalue weighted by Crippen LogP contribution is -2.08. The number of aromatic nitrogens is 4. The zero-order chi connectivity index (χ0) is 26.9. The Balaban J connectivity index is 1.38. The van der Waals surface area contributed by atoms with E-state index in [0.29, 0.717) is 34.0 Å². The van der Waals surface area contributed by atoms with E-state index < -0.39 is 17.0 Å². The zero-order valence-electron chi connectivity index (χ0n) is 19.7. The van der Waals surface area contributed by atoms with Crippen LogP contribution in [-0.4, -0.2) is 32.5 Å². The topological polar surface area (TPSA) is 83.0 Å². The third-order valence-corrected chi connectivity index (χ3v) is 7.00. The van der Waals surface area contributed by atoms with Crippen LogP contribution in [0.2, 0.25) is 5.02 Å². The summed E-state index contributed by atoms with van der Waals surface area (Å²) >= 11 is 7.02. The first-order chi connectivity index (χ1) is 18.2. The lowest BCUT2D eigenvalue weighted by Gasteiger charge is -2.07. The Morgan fingerprint density at radius 3 is 2.61 bits per heavy atom. The standard InChI is InChI=1S/C26H18ClF3N4O3S/c1-2-36-25(35)20-10-11-34(32-20)14-17-9-8-16(12-19(17)27)23-31-24(37-33-23)21-13-18(15-6-4-3-5-7-15)22(38-21)26(28,29)30/h3-13H,2,14H2,1H3. The molecule has 0 saturated carbocycles. The van der Waals surface area contributed by atoms with Gasteiger partial charge < -0.3 is 9.26 Å². The van der Waals surface area contributed by atoms with Crippen LogP contribution in [0.1, 0.15) is 27.9 Å². The van der Waals surface area contributed by atoms with Crippen molar-refractivity contribution in [2.24, 2.45) is 0 Å². The van der Waals surface area contributed by atoms with Crippen molar-refractivity contribution in [3.63, 3.8) is 0 Å². The SMILES string of the molecule is CCOC(=O)c1ccn(Cc2ccc(-c3noc(-c4cc(-c5ccccc5)c(C(F)(F)F)s4)n3)cc2Cl)n1. The number of esters is 1. The molecule has 0 atom stereocenters. The van der Waals surface area contributed by atoms with Crippen LogP contribution in [0.5, 0.6) is 0 Å². The second-order valence-corrected chi connectivity index (χ2v) is 9.52. The summed E-state index contributed by atoms with van der Waals surface area (Å²) in [6, 6.07) is 16.4. The smallest absolute Gasteiger partial charge is 0.426 e. The lowest BCUT2D eigenvalue weighted by atomic mass is 10.1. The number of alkyl halides is 3. The molecule has 7 nitrogen and oxygen atoms in total. The average molecular weight is 559 g/mol. The van der Waals surface area contributed by atoms with Crippen molar-refractivity contribution in [2.45, 2.75) is 19.6 Å². The molecule has 0 aliphatic rings. The van der Waals surface area contributed by atoms with E-state index in [-0.39, 0.29) is 34.5 Å². The Labute approximate surface area is 223 Å². The fourth-order valence-electron chi connectivity index (χ4n) is 3.73. The highest BCUT2D eigenvalue weighted by Gasteiger charge is 2.37. The Morgan fingerprint density at radius 1 is 1.11 bits per heavy atom. The van der Waals surface area contributed by atoms with E-state index >= 15 is 0 Å². The molecule has 0 bridgehead atoms. The zero-order valence-corrected chi connectivity index (χ0v) is 21.3. The molecular formula is C26H18ClF3N4O3S. The molecule has 0 aliphatic heterocycles. The summed E-state index contributed by atoms with van der Waals surface area (Å²) in [6.07, 6.45) is -2.89. The van der Waals surface area contributed by atoms with Gasteiger partial charge in [0, 0.05) is 22.3 Å². The minimum Gasteiger partial charge on any atom is -0.461 e. The molecule has 3 heterocycles. The van der Waals surface area contributed by atoms with Crippen LogP contribution < -0.4 is 0 Å². The van der Waals surface area contributed by atoms with Crippen LogP contribution in [0, 0.1) is 0 Å². The van der Waals surface area contributed by atoms with Gasteiger partial charge in [-0.2, -0.15) is 23.3 Å². The molecule has 194 valence electrons. The monoisotopic (exact) mass is 558 g/mol. The summed E-state index contributed by atoms with van der Waals surface area (Å²) < 4.78 is 53.1. The van der Waals surface area contributed by atoms with Crippen molar-refractivity contribution in [1.29, 1.82) is 0 Å². The average Bonchev–Trinajstić information content (AvgIpc) is 3.65. The minimum atomic E-state index is -4.54. The summed E-state index contributed by atoms with van der Waals surface area (Å²) in [7, 11) is 0. The molecule has 0 aliphatic carbocycles. The number of hydrogen-bond acceptors (Lipinski definition) is 7. The third kappa shape index (κ3) is 5.34. The van der Waals surface area contributed by atoms with Gasteiger partial charge in [-0.15, -0.1) is 11.3 Å². The van der Waals surface area contributed by atoms with Crippen LogP contribution in [-0.2, 0) is 17.5 Å².